The van der Waals surface area contributed by atoms with Crippen LogP contribution in [0.2, 0.25) is 0 Å². The molecule has 354 valence electrons. The second kappa shape index (κ2) is 19.2. The quantitative estimate of drug-likeness (QED) is 0.137. The molecule has 0 aromatic heterocycles. The summed E-state index contributed by atoms with van der Waals surface area (Å²) in [6.07, 6.45) is 4.83. The number of amides is 5. The fraction of sp³-hybridized carbons (Fsp3) is 0.449. The van der Waals surface area contributed by atoms with Gasteiger partial charge in [0.05, 0.1) is 29.0 Å². The third-order valence-corrected chi connectivity index (χ3v) is 14.2. The Morgan fingerprint density at radius 3 is 2.25 bits per heavy atom. The van der Waals surface area contributed by atoms with Crippen LogP contribution in [0.1, 0.15) is 64.8 Å². The van der Waals surface area contributed by atoms with Gasteiger partial charge < -0.3 is 51.4 Å². The van der Waals surface area contributed by atoms with Crippen molar-refractivity contribution in [3.63, 3.8) is 0 Å². The Labute approximate surface area is 389 Å². The summed E-state index contributed by atoms with van der Waals surface area (Å²) in [6.45, 7) is 8.91. The average Bonchev–Trinajstić information content (AvgIpc) is 3.58. The Kier molecular flexibility index (Phi) is 13.0. The van der Waals surface area contributed by atoms with Crippen molar-refractivity contribution < 1.29 is 38.6 Å². The fourth-order valence-electron chi connectivity index (χ4n) is 10.4. The maximum Gasteiger partial charge on any atom is 0.262 e. The summed E-state index contributed by atoms with van der Waals surface area (Å²) >= 11 is 0. The highest BCUT2D eigenvalue weighted by Gasteiger charge is 2.45. The molecule has 1 unspecified atom stereocenters. The molecule has 1 atom stereocenters. The number of aromatic hydroxyl groups is 1. The van der Waals surface area contributed by atoms with Gasteiger partial charge in [-0.15, -0.1) is 0 Å². The highest BCUT2D eigenvalue weighted by atomic mass is 16.5. The molecule has 6 aliphatic rings. The number of morpholine rings is 1. The van der Waals surface area contributed by atoms with Crippen LogP contribution in [0.5, 0.6) is 11.5 Å². The number of nitrogens with two attached hydrogens (primary N) is 3. The van der Waals surface area contributed by atoms with E-state index in [9.17, 15) is 29.1 Å². The number of anilines is 2. The second-order valence-electron chi connectivity index (χ2n) is 18.3. The summed E-state index contributed by atoms with van der Waals surface area (Å²) in [5, 5.41) is 12.5. The van der Waals surface area contributed by atoms with E-state index in [0.29, 0.717) is 82.3 Å². The summed E-state index contributed by atoms with van der Waals surface area (Å²) in [7, 11) is 0. The van der Waals surface area contributed by atoms with Crippen molar-refractivity contribution in [3.05, 3.63) is 101 Å². The van der Waals surface area contributed by atoms with Gasteiger partial charge in [0.25, 0.3) is 11.8 Å². The zero-order chi connectivity index (χ0) is 46.8. The number of allylic oxidation sites excluding steroid dienone is 1. The van der Waals surface area contributed by atoms with Gasteiger partial charge in [-0.25, -0.2) is 0 Å². The van der Waals surface area contributed by atoms with Crippen LogP contribution in [0.3, 0.4) is 0 Å². The SMILES string of the molecule is NC(N)=C(/C=C(\N)c1ccccc1O)N1CCC2(CC1)CN(c1cccc(OCCN3CCN(C(=O)C4CCN(c5ccc6c(c5)C(=O)N(C5CCC(=O)NC5=O)C6=O)CC4)CC3)c1)CCO2. The summed E-state index contributed by atoms with van der Waals surface area (Å²) < 4.78 is 12.8. The number of likely N-dealkylation sites (tertiary alicyclic amines) is 1. The normalized spacial score (nSPS) is 21.7. The Bertz CT molecular complexity index is 2470. The lowest BCUT2D eigenvalue weighted by Gasteiger charge is -2.48. The number of phenolic OH excluding ortho intramolecular Hbond substituents is 1. The molecule has 18 nitrogen and oxygen atoms in total. The monoisotopic (exact) mass is 916 g/mol. The van der Waals surface area contributed by atoms with Crippen LogP contribution in [-0.2, 0) is 19.1 Å². The number of ether oxygens (including phenoxy) is 2. The van der Waals surface area contributed by atoms with Crippen molar-refractivity contribution in [1.29, 1.82) is 0 Å². The van der Waals surface area contributed by atoms with Crippen LogP contribution >= 0.6 is 0 Å². The lowest BCUT2D eigenvalue weighted by molar-refractivity contribution is -0.138. The molecule has 18 heteroatoms. The number of imide groups is 2. The number of carbonyl (C=O) groups is 5. The van der Waals surface area contributed by atoms with E-state index >= 15 is 0 Å². The number of piperazine rings is 1. The lowest BCUT2D eigenvalue weighted by Crippen LogP contribution is -2.57. The van der Waals surface area contributed by atoms with Gasteiger partial charge in [0.15, 0.2) is 0 Å². The van der Waals surface area contributed by atoms with Crippen molar-refractivity contribution in [2.75, 3.05) is 95.0 Å². The first-order chi connectivity index (χ1) is 32.4. The van der Waals surface area contributed by atoms with Crippen LogP contribution in [0, 0.1) is 5.92 Å². The number of rotatable bonds is 11. The number of fused-ring (bicyclic) bond motifs is 1. The molecule has 6 aliphatic heterocycles. The van der Waals surface area contributed by atoms with Gasteiger partial charge in [0.1, 0.15) is 30.0 Å². The van der Waals surface area contributed by atoms with E-state index in [-0.39, 0.29) is 53.0 Å². The first-order valence-electron chi connectivity index (χ1n) is 23.4. The van der Waals surface area contributed by atoms with Gasteiger partial charge in [-0.2, -0.15) is 0 Å². The molecule has 3 aromatic rings. The topological polar surface area (TPSA) is 234 Å². The van der Waals surface area contributed by atoms with Gasteiger partial charge in [-0.1, -0.05) is 18.2 Å². The van der Waals surface area contributed by atoms with E-state index < -0.39 is 29.7 Å². The number of piperidine rings is 3. The van der Waals surface area contributed by atoms with E-state index in [1.807, 2.05) is 29.2 Å². The molecular weight excluding hydrogens is 857 g/mol. The summed E-state index contributed by atoms with van der Waals surface area (Å²) in [5.41, 5.74) is 22.3. The van der Waals surface area contributed by atoms with Gasteiger partial charge in [-0.3, -0.25) is 39.1 Å². The number of nitrogens with zero attached hydrogens (tertiary/aromatic N) is 6. The largest absolute Gasteiger partial charge is 0.507 e. The Hall–Kier alpha value is -6.79. The predicted octanol–water partition coefficient (Wildman–Crippen LogP) is 1.99. The zero-order valence-electron chi connectivity index (χ0n) is 37.7. The van der Waals surface area contributed by atoms with Crippen LogP contribution < -0.4 is 37.1 Å². The summed E-state index contributed by atoms with van der Waals surface area (Å²) in [5.74, 6) is -0.931. The number of nitrogens with one attached hydrogen (secondary N) is 1. The number of carbonyl (C=O) groups excluding carboxylic acids is 5. The first kappa shape index (κ1) is 45.4. The van der Waals surface area contributed by atoms with Crippen molar-refractivity contribution >= 4 is 46.6 Å². The highest BCUT2D eigenvalue weighted by molar-refractivity contribution is 6.23. The summed E-state index contributed by atoms with van der Waals surface area (Å²) in [4.78, 5) is 76.3. The predicted molar refractivity (Wildman–Crippen MR) is 250 cm³/mol. The molecule has 5 saturated heterocycles. The van der Waals surface area contributed by atoms with E-state index in [2.05, 4.69) is 37.0 Å². The number of hydrogen-bond acceptors (Lipinski definition) is 15. The average molecular weight is 917 g/mol. The molecule has 0 radical (unpaired) electrons. The van der Waals surface area contributed by atoms with Crippen molar-refractivity contribution in [1.82, 2.24) is 24.9 Å². The summed E-state index contributed by atoms with van der Waals surface area (Å²) in [6, 6.07) is 19.3. The molecule has 8 N–H and O–H groups in total. The minimum absolute atomic E-state index is 0.0684. The molecular formula is C49H60N10O8. The highest BCUT2D eigenvalue weighted by Crippen LogP contribution is 2.36. The van der Waals surface area contributed by atoms with Crippen LogP contribution in [0.4, 0.5) is 11.4 Å². The third-order valence-electron chi connectivity index (χ3n) is 14.2. The van der Waals surface area contributed by atoms with Gasteiger partial charge in [0, 0.05) is 113 Å². The van der Waals surface area contributed by atoms with E-state index in [1.54, 1.807) is 36.4 Å². The van der Waals surface area contributed by atoms with E-state index in [4.69, 9.17) is 26.7 Å². The fourth-order valence-corrected chi connectivity index (χ4v) is 10.4. The maximum atomic E-state index is 13.7. The molecule has 5 fully saturated rings. The van der Waals surface area contributed by atoms with Crippen molar-refractivity contribution in [2.45, 2.75) is 50.2 Å². The van der Waals surface area contributed by atoms with Crippen LogP contribution in [0.25, 0.3) is 5.70 Å². The van der Waals surface area contributed by atoms with E-state index in [1.165, 1.54) is 0 Å². The van der Waals surface area contributed by atoms with Crippen molar-refractivity contribution in [2.24, 2.45) is 23.1 Å². The van der Waals surface area contributed by atoms with Crippen molar-refractivity contribution in [3.8, 4) is 11.5 Å². The Morgan fingerprint density at radius 1 is 0.791 bits per heavy atom. The minimum Gasteiger partial charge on any atom is -0.507 e. The molecule has 6 heterocycles. The van der Waals surface area contributed by atoms with Gasteiger partial charge >= 0.3 is 0 Å². The second-order valence-corrected chi connectivity index (χ2v) is 18.3. The number of benzene rings is 3. The Morgan fingerprint density at radius 2 is 1.52 bits per heavy atom. The molecule has 5 amide bonds. The molecule has 0 aliphatic carbocycles. The minimum atomic E-state index is -1.01. The first-order valence-corrected chi connectivity index (χ1v) is 23.4. The molecule has 0 bridgehead atoms. The number of hydrogen-bond donors (Lipinski definition) is 5. The molecule has 0 saturated carbocycles. The third kappa shape index (κ3) is 9.58. The number of phenols is 1. The molecule has 67 heavy (non-hydrogen) atoms. The molecule has 3 aromatic carbocycles. The molecule has 1 spiro atoms. The molecule has 9 rings (SSSR count). The maximum absolute atomic E-state index is 13.7. The van der Waals surface area contributed by atoms with E-state index in [0.717, 1.165) is 67.6 Å². The lowest BCUT2D eigenvalue weighted by atomic mass is 9.88. The van der Waals surface area contributed by atoms with Gasteiger partial charge in [0.2, 0.25) is 17.7 Å². The smallest absolute Gasteiger partial charge is 0.262 e. The van der Waals surface area contributed by atoms with Crippen LogP contribution in [0.15, 0.2) is 84.3 Å². The zero-order valence-corrected chi connectivity index (χ0v) is 37.7. The standard InChI is InChI=1S/C49H60N10O8/c50-39(37-6-1-2-7-42(37)60)30-41(44(51)52)56-18-14-49(15-19-56)31-58(25-27-67-49)33-4-3-5-35(28-33)66-26-24-54-20-22-57(23-21-54)46(63)32-12-16-55(17-13-32)34-8-9-36-38(29-34)48(65)59(47(36)64)40-10-11-43(61)53-45(40)62/h1-9,28-30,32,40,60H,10-27,31,50-52H2,(H,53,61,62)/b39-30-. The van der Waals surface area contributed by atoms with Gasteiger partial charge in [-0.05, 0) is 80.6 Å². The Balaban J connectivity index is 0.705. The van der Waals surface area contributed by atoms with Crippen LogP contribution in [-0.4, -0.2) is 151 Å². The number of para-hydroxylation sites is 1.